The smallest absolute Gasteiger partial charge is 0.255 e. The lowest BCUT2D eigenvalue weighted by Gasteiger charge is -2.50. The van der Waals surface area contributed by atoms with Crippen LogP contribution in [0.1, 0.15) is 40.3 Å². The number of amides is 1. The van der Waals surface area contributed by atoms with Crippen LogP contribution in [0.15, 0.2) is 133 Å². The Labute approximate surface area is 309 Å². The van der Waals surface area contributed by atoms with Gasteiger partial charge in [0.05, 0.1) is 33.0 Å². The molecule has 0 spiro atoms. The first kappa shape index (κ1) is 35.8. The second-order valence-corrected chi connectivity index (χ2v) is 13.5. The molecule has 2 fully saturated rings. The molecule has 9 heteroatoms. The minimum Gasteiger partial charge on any atom is -0.494 e. The first-order chi connectivity index (χ1) is 25.4. The number of carbonyl (C=O) groups excluding carboxylic acids is 1. The van der Waals surface area contributed by atoms with Gasteiger partial charge >= 0.3 is 0 Å². The van der Waals surface area contributed by atoms with E-state index in [1.807, 2.05) is 140 Å². The van der Waals surface area contributed by atoms with E-state index in [1.165, 1.54) is 0 Å². The quantitative estimate of drug-likeness (QED) is 0.120. The molecule has 2 aliphatic heterocycles. The molecule has 2 aliphatic rings. The van der Waals surface area contributed by atoms with Gasteiger partial charge in [-0.3, -0.25) is 4.79 Å². The molecule has 7 rings (SSSR count). The molecule has 1 amide bonds. The molecule has 8 nitrogen and oxygen atoms in total. The molecule has 5 aromatic carbocycles. The number of ether oxygens (including phenoxy) is 6. The number of hydrogen-bond acceptors (Lipinski definition) is 7. The van der Waals surface area contributed by atoms with Crippen LogP contribution in [-0.4, -0.2) is 43.0 Å². The van der Waals surface area contributed by atoms with Crippen molar-refractivity contribution in [1.29, 1.82) is 0 Å². The van der Waals surface area contributed by atoms with E-state index >= 15 is 0 Å². The Morgan fingerprint density at radius 1 is 0.731 bits per heavy atom. The molecule has 2 N–H and O–H groups in total. The van der Waals surface area contributed by atoms with E-state index in [4.69, 9.17) is 45.8 Å². The molecule has 5 aromatic rings. The number of carbonyl (C=O) groups is 1. The van der Waals surface area contributed by atoms with Crippen molar-refractivity contribution in [3.63, 3.8) is 0 Å². The summed E-state index contributed by atoms with van der Waals surface area (Å²) < 4.78 is 39.5. The zero-order valence-electron chi connectivity index (χ0n) is 29.0. The summed E-state index contributed by atoms with van der Waals surface area (Å²) in [4.78, 5) is 13.7. The van der Waals surface area contributed by atoms with Crippen LogP contribution in [0.2, 0.25) is 5.02 Å². The van der Waals surface area contributed by atoms with Gasteiger partial charge in [0, 0.05) is 10.6 Å². The molecule has 0 radical (unpaired) electrons. The highest BCUT2D eigenvalue weighted by Crippen LogP contribution is 2.53. The zero-order chi connectivity index (χ0) is 36.0. The number of hydrogen-bond donors (Lipinski definition) is 1. The Bertz CT molecular complexity index is 1930. The number of fused-ring (bicyclic) bond motifs is 2. The molecule has 0 saturated carbocycles. The first-order valence-corrected chi connectivity index (χ1v) is 17.9. The van der Waals surface area contributed by atoms with Gasteiger partial charge in [-0.1, -0.05) is 121 Å². The van der Waals surface area contributed by atoms with Crippen LogP contribution in [0.5, 0.6) is 5.75 Å². The highest BCUT2D eigenvalue weighted by atomic mass is 35.5. The minimum atomic E-state index is -1.70. The van der Waals surface area contributed by atoms with E-state index in [0.717, 1.165) is 33.6 Å². The van der Waals surface area contributed by atoms with Crippen LogP contribution >= 0.6 is 11.6 Å². The van der Waals surface area contributed by atoms with Crippen molar-refractivity contribution < 1.29 is 33.2 Å². The SMILES string of the molecule is CCOc1ccc(Cc2cc([C@]34OC[C@](C(N)=O)(O3)[C@@H](OCc3ccccc3)[C@H](OCc3ccccc3)[C@H]4OCc3ccccc3)ccc2Cl)cc1. The molecular formula is C43H42ClNO7. The average molecular weight is 720 g/mol. The molecular weight excluding hydrogens is 678 g/mol. The maximum Gasteiger partial charge on any atom is 0.255 e. The standard InChI is InChI=1S/C43H42ClNO7/c1-2-47-36-21-18-30(19-22-36)24-34-25-35(20-23-37(34)44)43-40(50-28-33-16-10-5-11-17-33)38(48-26-31-12-6-3-7-13-31)39(42(52-43,29-51-43)41(45)46)49-27-32-14-8-4-9-15-32/h3-23,25,38-40H,2,24,26-29H2,1H3,(H2,45,46)/t38-,39-,40+,42-,43-/m0/s1. The Balaban J connectivity index is 1.31. The fraction of sp³-hybridized carbons (Fsp3) is 0.279. The molecule has 2 heterocycles. The minimum absolute atomic E-state index is 0.172. The van der Waals surface area contributed by atoms with Crippen molar-refractivity contribution in [3.05, 3.63) is 172 Å². The lowest BCUT2D eigenvalue weighted by Crippen LogP contribution is -2.70. The molecule has 52 heavy (non-hydrogen) atoms. The predicted octanol–water partition coefficient (Wildman–Crippen LogP) is 7.52. The van der Waals surface area contributed by atoms with E-state index in [9.17, 15) is 4.79 Å². The summed E-state index contributed by atoms with van der Waals surface area (Å²) in [5.74, 6) is -1.52. The van der Waals surface area contributed by atoms with Crippen molar-refractivity contribution in [2.45, 2.75) is 62.9 Å². The van der Waals surface area contributed by atoms with Crippen LogP contribution in [0.3, 0.4) is 0 Å². The van der Waals surface area contributed by atoms with Gasteiger partial charge in [0.2, 0.25) is 11.4 Å². The summed E-state index contributed by atoms with van der Waals surface area (Å²) >= 11 is 6.83. The largest absolute Gasteiger partial charge is 0.494 e. The number of rotatable bonds is 15. The fourth-order valence-corrected chi connectivity index (χ4v) is 7.13. The van der Waals surface area contributed by atoms with Gasteiger partial charge in [-0.05, 0) is 65.4 Å². The third-order valence-electron chi connectivity index (χ3n) is 9.59. The summed E-state index contributed by atoms with van der Waals surface area (Å²) in [6, 6.07) is 42.9. The van der Waals surface area contributed by atoms with E-state index in [2.05, 4.69) is 0 Å². The number of benzene rings is 5. The third kappa shape index (κ3) is 7.50. The lowest BCUT2D eigenvalue weighted by atomic mass is 9.82. The fourth-order valence-electron chi connectivity index (χ4n) is 6.95. The molecule has 0 unspecified atom stereocenters. The van der Waals surface area contributed by atoms with E-state index in [0.29, 0.717) is 23.6 Å². The summed E-state index contributed by atoms with van der Waals surface area (Å²) in [5.41, 5.74) is 9.86. The van der Waals surface area contributed by atoms with E-state index < -0.39 is 35.6 Å². The maximum absolute atomic E-state index is 13.7. The van der Waals surface area contributed by atoms with Crippen molar-refractivity contribution in [2.24, 2.45) is 5.73 Å². The highest BCUT2D eigenvalue weighted by Gasteiger charge is 2.72. The summed E-state index contributed by atoms with van der Waals surface area (Å²) in [7, 11) is 0. The van der Waals surface area contributed by atoms with Gasteiger partial charge < -0.3 is 34.2 Å². The Morgan fingerprint density at radius 3 is 1.85 bits per heavy atom. The molecule has 268 valence electrons. The normalized spacial score (nSPS) is 23.7. The third-order valence-corrected chi connectivity index (χ3v) is 9.96. The molecule has 0 aromatic heterocycles. The molecule has 0 aliphatic carbocycles. The maximum atomic E-state index is 13.7. The lowest BCUT2D eigenvalue weighted by molar-refractivity contribution is -0.343. The summed E-state index contributed by atoms with van der Waals surface area (Å²) in [6.45, 7) is 2.98. The summed E-state index contributed by atoms with van der Waals surface area (Å²) in [5, 5.41) is 0.576. The van der Waals surface area contributed by atoms with Gasteiger partial charge in [0.1, 0.15) is 24.1 Å². The molecule has 2 saturated heterocycles. The average Bonchev–Trinajstić information content (AvgIpc) is 3.55. The van der Waals surface area contributed by atoms with Crippen LogP contribution < -0.4 is 10.5 Å². The van der Waals surface area contributed by atoms with Crippen molar-refractivity contribution in [1.82, 2.24) is 0 Å². The van der Waals surface area contributed by atoms with Crippen LogP contribution in [-0.2, 0) is 60.5 Å². The number of halogens is 1. The second-order valence-electron chi connectivity index (χ2n) is 13.1. The first-order valence-electron chi connectivity index (χ1n) is 17.5. The Morgan fingerprint density at radius 2 is 1.29 bits per heavy atom. The van der Waals surface area contributed by atoms with Crippen LogP contribution in [0.25, 0.3) is 0 Å². The van der Waals surface area contributed by atoms with E-state index in [-0.39, 0.29) is 26.4 Å². The zero-order valence-corrected chi connectivity index (χ0v) is 29.7. The molecule has 5 atom stereocenters. The van der Waals surface area contributed by atoms with Crippen molar-refractivity contribution in [2.75, 3.05) is 13.2 Å². The van der Waals surface area contributed by atoms with Gasteiger partial charge in [0.25, 0.3) is 5.91 Å². The van der Waals surface area contributed by atoms with Crippen LogP contribution in [0, 0.1) is 0 Å². The van der Waals surface area contributed by atoms with E-state index in [1.54, 1.807) is 0 Å². The van der Waals surface area contributed by atoms with Crippen molar-refractivity contribution >= 4 is 17.5 Å². The van der Waals surface area contributed by atoms with Gasteiger partial charge in [-0.25, -0.2) is 0 Å². The van der Waals surface area contributed by atoms with Gasteiger partial charge in [-0.15, -0.1) is 0 Å². The summed E-state index contributed by atoms with van der Waals surface area (Å²) in [6.07, 6.45) is -2.23. The predicted molar refractivity (Wildman–Crippen MR) is 198 cm³/mol. The van der Waals surface area contributed by atoms with Gasteiger partial charge in [0.15, 0.2) is 0 Å². The monoisotopic (exact) mass is 719 g/mol. The number of nitrogens with two attached hydrogens (primary N) is 1. The highest BCUT2D eigenvalue weighted by molar-refractivity contribution is 6.31. The number of primary amides is 1. The molecule has 2 bridgehead atoms. The Kier molecular flexibility index (Phi) is 11.0. The van der Waals surface area contributed by atoms with Crippen molar-refractivity contribution in [3.8, 4) is 5.75 Å². The topological polar surface area (TPSA) is 98.5 Å². The van der Waals surface area contributed by atoms with Gasteiger partial charge in [-0.2, -0.15) is 0 Å². The Hall–Kier alpha value is -4.54. The second kappa shape index (κ2) is 16.0. The van der Waals surface area contributed by atoms with Crippen LogP contribution in [0.4, 0.5) is 0 Å².